The van der Waals surface area contributed by atoms with Crippen LogP contribution in [-0.2, 0) is 24.3 Å². The largest absolute Gasteiger partial charge is 0.464 e. The number of carbonyl (C=O) groups excluding carboxylic acids is 4. The fourth-order valence-electron chi connectivity index (χ4n) is 2.83. The molecule has 2 aliphatic heterocycles. The Labute approximate surface area is 155 Å². The molecule has 1 aromatic rings. The van der Waals surface area contributed by atoms with E-state index in [9.17, 15) is 27.6 Å². The zero-order chi connectivity index (χ0) is 19.6. The summed E-state index contributed by atoms with van der Waals surface area (Å²) < 4.78 is 30.3. The van der Waals surface area contributed by atoms with Crippen LogP contribution in [0.5, 0.6) is 0 Å². The number of amides is 4. The molecule has 3 rings (SSSR count). The molecule has 11 heteroatoms. The molecule has 0 spiro atoms. The number of benzene rings is 1. The summed E-state index contributed by atoms with van der Waals surface area (Å²) in [5.41, 5.74) is 0.0948. The molecule has 0 saturated carbocycles. The van der Waals surface area contributed by atoms with Gasteiger partial charge in [0.05, 0.1) is 18.7 Å². The first kappa shape index (κ1) is 18.8. The summed E-state index contributed by atoms with van der Waals surface area (Å²) in [6.45, 7) is -0.520. The highest BCUT2D eigenvalue weighted by molar-refractivity contribution is 7.90. The zero-order valence-corrected chi connectivity index (χ0v) is 15.0. The molecule has 1 N–H and O–H groups in total. The van der Waals surface area contributed by atoms with Gasteiger partial charge in [0.15, 0.2) is 0 Å². The number of fused-ring (bicyclic) bond motifs is 1. The number of sulfonamides is 1. The Kier molecular flexibility index (Phi) is 5.13. The minimum atomic E-state index is -3.93. The minimum Gasteiger partial charge on any atom is -0.464 e. The number of hydrogen-bond donors (Lipinski definition) is 1. The number of hydrogen-bond acceptors (Lipinski definition) is 7. The Balaban J connectivity index is 1.45. The number of esters is 1. The van der Waals surface area contributed by atoms with Gasteiger partial charge >= 0.3 is 12.0 Å². The summed E-state index contributed by atoms with van der Waals surface area (Å²) in [5.74, 6) is -1.62. The molecule has 10 nitrogen and oxygen atoms in total. The van der Waals surface area contributed by atoms with Gasteiger partial charge in [0.25, 0.3) is 15.9 Å². The lowest BCUT2D eigenvalue weighted by atomic mass is 10.2. The van der Waals surface area contributed by atoms with Crippen molar-refractivity contribution in [3.8, 4) is 0 Å². The van der Waals surface area contributed by atoms with Crippen LogP contribution in [0.25, 0.3) is 0 Å². The van der Waals surface area contributed by atoms with E-state index >= 15 is 0 Å². The first-order valence-electron chi connectivity index (χ1n) is 8.22. The highest BCUT2D eigenvalue weighted by atomic mass is 32.2. The standard InChI is InChI=1S/C16H17N3O7S/c20-13-10-17-16(23)18(13)7-3-6-14(21)26-9-8-19-15(22)11-4-1-2-5-12(11)27(19,24)25/h1-2,4-5H,3,6-10H2,(H,17,23). The van der Waals surface area contributed by atoms with E-state index < -0.39 is 27.9 Å². The van der Waals surface area contributed by atoms with E-state index in [4.69, 9.17) is 4.74 Å². The molecular formula is C16H17N3O7S. The third-order valence-corrected chi connectivity index (χ3v) is 6.01. The van der Waals surface area contributed by atoms with Crippen LogP contribution in [0.4, 0.5) is 4.79 Å². The average Bonchev–Trinajstić information content (AvgIpc) is 3.05. The lowest BCUT2D eigenvalue weighted by molar-refractivity contribution is -0.144. The smallest absolute Gasteiger partial charge is 0.324 e. The van der Waals surface area contributed by atoms with Crippen molar-refractivity contribution in [3.05, 3.63) is 29.8 Å². The van der Waals surface area contributed by atoms with Gasteiger partial charge in [0.2, 0.25) is 5.91 Å². The van der Waals surface area contributed by atoms with Crippen LogP contribution in [0.2, 0.25) is 0 Å². The van der Waals surface area contributed by atoms with Crippen LogP contribution >= 0.6 is 0 Å². The van der Waals surface area contributed by atoms with Gasteiger partial charge < -0.3 is 10.1 Å². The number of nitrogens with one attached hydrogen (secondary N) is 1. The van der Waals surface area contributed by atoms with Crippen molar-refractivity contribution in [2.24, 2.45) is 0 Å². The van der Waals surface area contributed by atoms with Crippen LogP contribution in [0, 0.1) is 0 Å². The van der Waals surface area contributed by atoms with Gasteiger partial charge in [-0.25, -0.2) is 17.5 Å². The summed E-state index contributed by atoms with van der Waals surface area (Å²) in [6, 6.07) is 5.38. The third kappa shape index (κ3) is 3.63. The van der Waals surface area contributed by atoms with E-state index in [-0.39, 0.29) is 55.4 Å². The fraction of sp³-hybridized carbons (Fsp3) is 0.375. The molecule has 1 saturated heterocycles. The lowest BCUT2D eigenvalue weighted by Gasteiger charge is -2.15. The van der Waals surface area contributed by atoms with Crippen molar-refractivity contribution < 1.29 is 32.3 Å². The zero-order valence-electron chi connectivity index (χ0n) is 14.2. The second-order valence-electron chi connectivity index (χ2n) is 5.91. The van der Waals surface area contributed by atoms with Gasteiger partial charge in [-0.15, -0.1) is 0 Å². The first-order chi connectivity index (χ1) is 12.8. The second-order valence-corrected chi connectivity index (χ2v) is 7.74. The Morgan fingerprint density at radius 1 is 1.15 bits per heavy atom. The van der Waals surface area contributed by atoms with Gasteiger partial charge in [-0.2, -0.15) is 0 Å². The van der Waals surface area contributed by atoms with Crippen LogP contribution in [0.3, 0.4) is 0 Å². The number of imide groups is 1. The molecule has 0 unspecified atom stereocenters. The summed E-state index contributed by atoms with van der Waals surface area (Å²) in [4.78, 5) is 47.6. The fourth-order valence-corrected chi connectivity index (χ4v) is 4.38. The summed E-state index contributed by atoms with van der Waals surface area (Å²) in [5, 5.41) is 2.37. The van der Waals surface area contributed by atoms with Crippen molar-refractivity contribution in [2.75, 3.05) is 26.2 Å². The minimum absolute atomic E-state index is 0.0437. The number of carbonyl (C=O) groups is 4. The average molecular weight is 395 g/mol. The van der Waals surface area contributed by atoms with Crippen molar-refractivity contribution >= 4 is 33.8 Å². The molecule has 1 aromatic carbocycles. The first-order valence-corrected chi connectivity index (χ1v) is 9.66. The van der Waals surface area contributed by atoms with E-state index in [1.165, 1.54) is 18.2 Å². The van der Waals surface area contributed by atoms with Gasteiger partial charge in [-0.05, 0) is 18.6 Å². The molecule has 27 heavy (non-hydrogen) atoms. The number of ether oxygens (including phenoxy) is 1. The van der Waals surface area contributed by atoms with Crippen LogP contribution in [0.1, 0.15) is 23.2 Å². The Morgan fingerprint density at radius 3 is 2.56 bits per heavy atom. The molecule has 0 aromatic heterocycles. The predicted molar refractivity (Wildman–Crippen MR) is 90.0 cm³/mol. The van der Waals surface area contributed by atoms with Gasteiger partial charge in [-0.1, -0.05) is 12.1 Å². The molecule has 0 radical (unpaired) electrons. The van der Waals surface area contributed by atoms with E-state index in [1.807, 2.05) is 0 Å². The highest BCUT2D eigenvalue weighted by Gasteiger charge is 2.40. The van der Waals surface area contributed by atoms with E-state index in [1.54, 1.807) is 6.07 Å². The van der Waals surface area contributed by atoms with Crippen LogP contribution in [0.15, 0.2) is 29.2 Å². The second kappa shape index (κ2) is 7.35. The number of rotatable bonds is 7. The van der Waals surface area contributed by atoms with Crippen molar-refractivity contribution in [1.29, 1.82) is 0 Å². The summed E-state index contributed by atoms with van der Waals surface area (Å²) in [7, 11) is -3.93. The molecule has 144 valence electrons. The molecule has 2 aliphatic rings. The van der Waals surface area contributed by atoms with E-state index in [2.05, 4.69) is 5.32 Å². The maximum atomic E-state index is 12.3. The van der Waals surface area contributed by atoms with Crippen molar-refractivity contribution in [1.82, 2.24) is 14.5 Å². The van der Waals surface area contributed by atoms with E-state index in [0.29, 0.717) is 4.31 Å². The topological polar surface area (TPSA) is 130 Å². The molecule has 4 amide bonds. The SMILES string of the molecule is O=C(CCCN1C(=O)CNC1=O)OCCN1C(=O)c2ccccc2S1(=O)=O. The van der Waals surface area contributed by atoms with Crippen molar-refractivity contribution in [2.45, 2.75) is 17.7 Å². The number of nitrogens with zero attached hydrogens (tertiary/aromatic N) is 2. The maximum absolute atomic E-state index is 12.3. The van der Waals surface area contributed by atoms with Gasteiger partial charge in [-0.3, -0.25) is 19.3 Å². The molecule has 0 bridgehead atoms. The molecule has 2 heterocycles. The van der Waals surface area contributed by atoms with Crippen LogP contribution < -0.4 is 5.32 Å². The molecule has 0 atom stereocenters. The lowest BCUT2D eigenvalue weighted by Crippen LogP contribution is -2.34. The summed E-state index contributed by atoms with van der Waals surface area (Å²) in [6.07, 6.45) is 0.183. The Morgan fingerprint density at radius 2 is 1.89 bits per heavy atom. The van der Waals surface area contributed by atoms with Crippen molar-refractivity contribution in [3.63, 3.8) is 0 Å². The molecule has 1 fully saturated rings. The maximum Gasteiger partial charge on any atom is 0.324 e. The van der Waals surface area contributed by atoms with E-state index in [0.717, 1.165) is 4.90 Å². The predicted octanol–water partition coefficient (Wildman–Crippen LogP) is -0.294. The normalized spacial score (nSPS) is 17.9. The highest BCUT2D eigenvalue weighted by Crippen LogP contribution is 2.29. The summed E-state index contributed by atoms with van der Waals surface area (Å²) >= 11 is 0. The van der Waals surface area contributed by atoms with Crippen LogP contribution in [-0.4, -0.2) is 67.7 Å². The quantitative estimate of drug-likeness (QED) is 0.496. The van der Waals surface area contributed by atoms with Gasteiger partial charge in [0, 0.05) is 13.0 Å². The van der Waals surface area contributed by atoms with Gasteiger partial charge in [0.1, 0.15) is 11.5 Å². The Bertz CT molecular complexity index is 896. The third-order valence-electron chi connectivity index (χ3n) is 4.17. The monoisotopic (exact) mass is 395 g/mol. The number of urea groups is 1. The molecule has 0 aliphatic carbocycles. The molecular weight excluding hydrogens is 378 g/mol. The Hall–Kier alpha value is -2.95.